The Bertz CT molecular complexity index is 1100. The summed E-state index contributed by atoms with van der Waals surface area (Å²) >= 11 is 1.64. The number of hydrogen-bond donors (Lipinski definition) is 1. The van der Waals surface area contributed by atoms with Crippen molar-refractivity contribution in [3.63, 3.8) is 0 Å². The lowest BCUT2D eigenvalue weighted by atomic mass is 10.1. The minimum atomic E-state index is -0.354. The molecule has 4 rings (SSSR count). The number of benzene rings is 2. The molecule has 4 aromatic rings. The van der Waals surface area contributed by atoms with Crippen LogP contribution in [0.3, 0.4) is 0 Å². The van der Waals surface area contributed by atoms with Crippen molar-refractivity contribution in [1.29, 1.82) is 0 Å². The van der Waals surface area contributed by atoms with E-state index in [1.165, 1.54) is 0 Å². The van der Waals surface area contributed by atoms with Gasteiger partial charge in [0.15, 0.2) is 0 Å². The van der Waals surface area contributed by atoms with Gasteiger partial charge >= 0.3 is 0 Å². The van der Waals surface area contributed by atoms with Crippen LogP contribution in [-0.4, -0.2) is 27.6 Å². The Labute approximate surface area is 173 Å². The molecule has 1 amide bonds. The topological polar surface area (TPSA) is 69.0 Å². The standard InChI is InChI=1S/C22H22N4O2S/c1-26-13-12-23-22(26)21(15-6-5-7-16(14-15)28-2)25-19(27)10-11-20-24-17-8-3-4-9-18(17)29-20/h3-9,12-14,21H,10-11H2,1-2H3,(H,25,27). The Hall–Kier alpha value is -3.19. The normalized spacial score (nSPS) is 12.1. The molecule has 0 saturated heterocycles. The summed E-state index contributed by atoms with van der Waals surface area (Å²) in [5.74, 6) is 1.47. The molecule has 2 aromatic heterocycles. The first-order chi connectivity index (χ1) is 14.1. The molecule has 1 unspecified atom stereocenters. The highest BCUT2D eigenvalue weighted by Crippen LogP contribution is 2.25. The third kappa shape index (κ3) is 4.30. The van der Waals surface area contributed by atoms with Crippen molar-refractivity contribution >= 4 is 27.5 Å². The van der Waals surface area contributed by atoms with E-state index in [0.717, 1.165) is 32.4 Å². The van der Waals surface area contributed by atoms with E-state index in [0.29, 0.717) is 12.8 Å². The van der Waals surface area contributed by atoms with Crippen molar-refractivity contribution in [2.75, 3.05) is 7.11 Å². The smallest absolute Gasteiger partial charge is 0.221 e. The molecule has 6 nitrogen and oxygen atoms in total. The molecular formula is C22H22N4O2S. The fourth-order valence-electron chi connectivity index (χ4n) is 3.25. The van der Waals surface area contributed by atoms with Crippen molar-refractivity contribution in [3.8, 4) is 5.75 Å². The molecule has 148 valence electrons. The Morgan fingerprint density at radius 1 is 1.24 bits per heavy atom. The second-order valence-electron chi connectivity index (χ2n) is 6.75. The molecule has 0 fully saturated rings. The number of aryl methyl sites for hydroxylation is 2. The largest absolute Gasteiger partial charge is 0.497 e. The van der Waals surface area contributed by atoms with Gasteiger partial charge in [-0.05, 0) is 29.8 Å². The number of fused-ring (bicyclic) bond motifs is 1. The van der Waals surface area contributed by atoms with Gasteiger partial charge in [-0.15, -0.1) is 11.3 Å². The predicted molar refractivity (Wildman–Crippen MR) is 114 cm³/mol. The minimum absolute atomic E-state index is 0.0416. The second-order valence-corrected chi connectivity index (χ2v) is 7.86. The molecule has 0 aliphatic carbocycles. The summed E-state index contributed by atoms with van der Waals surface area (Å²) in [6.45, 7) is 0. The number of amides is 1. The van der Waals surface area contributed by atoms with E-state index in [1.54, 1.807) is 24.6 Å². The lowest BCUT2D eigenvalue weighted by Crippen LogP contribution is -2.31. The van der Waals surface area contributed by atoms with Crippen LogP contribution in [0.1, 0.15) is 28.9 Å². The highest BCUT2D eigenvalue weighted by atomic mass is 32.1. The zero-order valence-electron chi connectivity index (χ0n) is 16.3. The molecule has 29 heavy (non-hydrogen) atoms. The maximum atomic E-state index is 12.8. The monoisotopic (exact) mass is 406 g/mol. The van der Waals surface area contributed by atoms with Crippen LogP contribution in [0.15, 0.2) is 60.9 Å². The third-order valence-electron chi connectivity index (χ3n) is 4.75. The van der Waals surface area contributed by atoms with Crippen LogP contribution >= 0.6 is 11.3 Å². The first-order valence-electron chi connectivity index (χ1n) is 9.39. The predicted octanol–water partition coefficient (Wildman–Crippen LogP) is 3.88. The number of carbonyl (C=O) groups is 1. The van der Waals surface area contributed by atoms with Gasteiger partial charge in [-0.25, -0.2) is 9.97 Å². The fourth-order valence-corrected chi connectivity index (χ4v) is 4.22. The first-order valence-corrected chi connectivity index (χ1v) is 10.2. The van der Waals surface area contributed by atoms with E-state index < -0.39 is 0 Å². The quantitative estimate of drug-likeness (QED) is 0.506. The van der Waals surface area contributed by atoms with Gasteiger partial charge in [-0.3, -0.25) is 4.79 Å². The van der Waals surface area contributed by atoms with Crippen molar-refractivity contribution in [3.05, 3.63) is 77.3 Å². The maximum absolute atomic E-state index is 12.8. The Morgan fingerprint density at radius 3 is 2.86 bits per heavy atom. The lowest BCUT2D eigenvalue weighted by molar-refractivity contribution is -0.121. The van der Waals surface area contributed by atoms with Crippen molar-refractivity contribution in [2.24, 2.45) is 7.05 Å². The van der Waals surface area contributed by atoms with Crippen LogP contribution in [0, 0.1) is 0 Å². The molecule has 0 spiro atoms. The first kappa shape index (κ1) is 19.1. The van der Waals surface area contributed by atoms with E-state index in [-0.39, 0.29) is 11.9 Å². The van der Waals surface area contributed by atoms with E-state index in [9.17, 15) is 4.79 Å². The molecule has 0 radical (unpaired) electrons. The van der Waals surface area contributed by atoms with Crippen molar-refractivity contribution in [1.82, 2.24) is 19.9 Å². The Kier molecular flexibility index (Phi) is 5.57. The Balaban J connectivity index is 1.50. The van der Waals surface area contributed by atoms with Crippen LogP contribution in [-0.2, 0) is 18.3 Å². The van der Waals surface area contributed by atoms with Gasteiger partial charge < -0.3 is 14.6 Å². The number of nitrogens with one attached hydrogen (secondary N) is 1. The minimum Gasteiger partial charge on any atom is -0.497 e. The number of rotatable bonds is 7. The van der Waals surface area contributed by atoms with E-state index >= 15 is 0 Å². The van der Waals surface area contributed by atoms with Crippen LogP contribution in [0.25, 0.3) is 10.2 Å². The molecule has 1 atom stereocenters. The highest BCUT2D eigenvalue weighted by Gasteiger charge is 2.21. The summed E-state index contributed by atoms with van der Waals surface area (Å²) in [4.78, 5) is 21.8. The van der Waals surface area contributed by atoms with Crippen LogP contribution < -0.4 is 10.1 Å². The number of carbonyl (C=O) groups excluding carboxylic acids is 1. The number of thiazole rings is 1. The zero-order valence-corrected chi connectivity index (χ0v) is 17.1. The fraction of sp³-hybridized carbons (Fsp3) is 0.227. The molecule has 0 aliphatic rings. The summed E-state index contributed by atoms with van der Waals surface area (Å²) < 4.78 is 8.40. The molecule has 0 saturated carbocycles. The van der Waals surface area contributed by atoms with Gasteiger partial charge in [-0.1, -0.05) is 24.3 Å². The van der Waals surface area contributed by atoms with Gasteiger partial charge in [0.05, 0.1) is 22.3 Å². The number of para-hydroxylation sites is 1. The molecule has 0 bridgehead atoms. The van der Waals surface area contributed by atoms with E-state index in [4.69, 9.17) is 4.74 Å². The lowest BCUT2D eigenvalue weighted by Gasteiger charge is -2.19. The number of ether oxygens (including phenoxy) is 1. The van der Waals surface area contributed by atoms with Crippen LogP contribution in [0.2, 0.25) is 0 Å². The van der Waals surface area contributed by atoms with Gasteiger partial charge in [0.2, 0.25) is 5.91 Å². The third-order valence-corrected chi connectivity index (χ3v) is 5.85. The molecule has 1 N–H and O–H groups in total. The number of imidazole rings is 1. The van der Waals surface area contributed by atoms with E-state index in [1.807, 2.05) is 60.3 Å². The number of methoxy groups -OCH3 is 1. The molecule has 2 aromatic carbocycles. The van der Waals surface area contributed by atoms with Crippen molar-refractivity contribution in [2.45, 2.75) is 18.9 Å². The maximum Gasteiger partial charge on any atom is 0.221 e. The SMILES string of the molecule is COc1cccc(C(NC(=O)CCc2nc3ccccc3s2)c2nccn2C)c1. The average Bonchev–Trinajstić information content (AvgIpc) is 3.36. The molecule has 0 aliphatic heterocycles. The zero-order chi connectivity index (χ0) is 20.2. The number of aromatic nitrogens is 3. The second kappa shape index (κ2) is 8.45. The van der Waals surface area contributed by atoms with Gasteiger partial charge in [0, 0.05) is 32.3 Å². The van der Waals surface area contributed by atoms with Crippen LogP contribution in [0.4, 0.5) is 0 Å². The summed E-state index contributed by atoms with van der Waals surface area (Å²) in [5.41, 5.74) is 1.90. The number of hydrogen-bond acceptors (Lipinski definition) is 5. The van der Waals surface area contributed by atoms with Crippen molar-refractivity contribution < 1.29 is 9.53 Å². The number of nitrogens with zero attached hydrogens (tertiary/aromatic N) is 3. The summed E-state index contributed by atoms with van der Waals surface area (Å²) in [7, 11) is 3.55. The Morgan fingerprint density at radius 2 is 2.10 bits per heavy atom. The highest BCUT2D eigenvalue weighted by molar-refractivity contribution is 7.18. The molecule has 2 heterocycles. The van der Waals surface area contributed by atoms with Gasteiger partial charge in [0.1, 0.15) is 17.6 Å². The van der Waals surface area contributed by atoms with Crippen LogP contribution in [0.5, 0.6) is 5.75 Å². The van der Waals surface area contributed by atoms with Gasteiger partial charge in [-0.2, -0.15) is 0 Å². The van der Waals surface area contributed by atoms with E-state index in [2.05, 4.69) is 21.4 Å². The summed E-state index contributed by atoms with van der Waals surface area (Å²) in [5, 5.41) is 4.10. The molecule has 7 heteroatoms. The molecular weight excluding hydrogens is 384 g/mol. The van der Waals surface area contributed by atoms with Gasteiger partial charge in [0.25, 0.3) is 0 Å². The summed E-state index contributed by atoms with van der Waals surface area (Å²) in [6.07, 6.45) is 4.58. The average molecular weight is 407 g/mol. The summed E-state index contributed by atoms with van der Waals surface area (Å²) in [6, 6.07) is 15.4.